The van der Waals surface area contributed by atoms with Crippen LogP contribution in [-0.2, 0) is 38.6 Å². The molecule has 2 aromatic carbocycles. The van der Waals surface area contributed by atoms with Gasteiger partial charge in [0.1, 0.15) is 18.7 Å². The van der Waals surface area contributed by atoms with Crippen LogP contribution in [0.1, 0.15) is 23.6 Å². The number of rotatable bonds is 13. The Morgan fingerprint density at radius 1 is 0.800 bits per heavy atom. The summed E-state index contributed by atoms with van der Waals surface area (Å²) in [6.45, 7) is 1.48. The van der Waals surface area contributed by atoms with Crippen LogP contribution in [0.3, 0.4) is 0 Å². The van der Waals surface area contributed by atoms with Crippen LogP contribution in [-0.4, -0.2) is 58.1 Å². The van der Waals surface area contributed by atoms with Gasteiger partial charge in [0, 0.05) is 18.8 Å². The number of aromatic nitrogens is 1. The maximum atomic E-state index is 13.4. The molecule has 11 nitrogen and oxygen atoms in total. The van der Waals surface area contributed by atoms with Crippen molar-refractivity contribution in [3.63, 3.8) is 0 Å². The molecule has 0 radical (unpaired) electrons. The number of carbonyl (C=O) groups is 4. The summed E-state index contributed by atoms with van der Waals surface area (Å²) in [5.74, 6) is -2.28. The monoisotopic (exact) mass is 547 g/mol. The van der Waals surface area contributed by atoms with Gasteiger partial charge in [0.05, 0.1) is 6.04 Å². The molecule has 0 aliphatic rings. The molecule has 3 rings (SSSR count). The molecule has 0 spiro atoms. The van der Waals surface area contributed by atoms with Gasteiger partial charge in [0.15, 0.2) is 6.10 Å². The molecule has 4 atom stereocenters. The summed E-state index contributed by atoms with van der Waals surface area (Å²) in [6.07, 6.45) is 0.839. The number of alkyl carbamates (subject to hydrolysis) is 1. The van der Waals surface area contributed by atoms with Crippen molar-refractivity contribution in [1.29, 1.82) is 0 Å². The van der Waals surface area contributed by atoms with Crippen LogP contribution in [0, 0.1) is 0 Å². The van der Waals surface area contributed by atoms with E-state index in [1.165, 1.54) is 6.92 Å². The van der Waals surface area contributed by atoms with E-state index in [4.69, 9.17) is 10.5 Å². The second-order valence-electron chi connectivity index (χ2n) is 9.20. The third-order valence-electron chi connectivity index (χ3n) is 6.06. The van der Waals surface area contributed by atoms with Crippen molar-refractivity contribution in [2.75, 3.05) is 0 Å². The van der Waals surface area contributed by atoms with E-state index in [0.29, 0.717) is 5.56 Å². The largest absolute Gasteiger partial charge is 0.445 e. The first-order valence-electron chi connectivity index (χ1n) is 12.7. The summed E-state index contributed by atoms with van der Waals surface area (Å²) in [5, 5.41) is 18.2. The molecule has 4 amide bonds. The number of ether oxygens (including phenoxy) is 1. The summed E-state index contributed by atoms with van der Waals surface area (Å²) in [4.78, 5) is 54.3. The van der Waals surface area contributed by atoms with Crippen LogP contribution in [0.25, 0.3) is 0 Å². The Balaban J connectivity index is 1.68. The maximum Gasteiger partial charge on any atom is 0.408 e. The average Bonchev–Trinajstić information content (AvgIpc) is 2.96. The zero-order chi connectivity index (χ0) is 28.9. The average molecular weight is 548 g/mol. The van der Waals surface area contributed by atoms with Gasteiger partial charge in [-0.25, -0.2) is 4.79 Å². The van der Waals surface area contributed by atoms with E-state index < -0.39 is 48.0 Å². The van der Waals surface area contributed by atoms with Crippen molar-refractivity contribution in [3.05, 3.63) is 102 Å². The number of aliphatic hydroxyl groups excluding tert-OH is 1. The van der Waals surface area contributed by atoms with E-state index in [1.54, 1.807) is 60.9 Å². The summed E-state index contributed by atoms with van der Waals surface area (Å²) < 4.78 is 5.17. The SMILES string of the molecule is C[C@H](NC(=O)OCc1ccccc1)C(=O)N[C@@H](Cc1ccncc1)C(=O)NC(Cc1ccccc1)[C@H](O)C(N)=O. The highest BCUT2D eigenvalue weighted by Crippen LogP contribution is 2.09. The van der Waals surface area contributed by atoms with Gasteiger partial charge in [0.2, 0.25) is 17.7 Å². The number of nitrogens with one attached hydrogen (secondary N) is 3. The van der Waals surface area contributed by atoms with E-state index in [-0.39, 0.29) is 19.4 Å². The fourth-order valence-electron chi connectivity index (χ4n) is 3.86. The second kappa shape index (κ2) is 15.0. The Labute approximate surface area is 232 Å². The van der Waals surface area contributed by atoms with Crippen LogP contribution in [0.2, 0.25) is 0 Å². The lowest BCUT2D eigenvalue weighted by Crippen LogP contribution is -2.58. The van der Waals surface area contributed by atoms with Crippen molar-refractivity contribution in [2.45, 2.75) is 50.6 Å². The minimum Gasteiger partial charge on any atom is -0.445 e. The van der Waals surface area contributed by atoms with Gasteiger partial charge >= 0.3 is 6.09 Å². The van der Waals surface area contributed by atoms with E-state index in [2.05, 4.69) is 20.9 Å². The van der Waals surface area contributed by atoms with Crippen molar-refractivity contribution >= 4 is 23.8 Å². The molecule has 0 aliphatic heterocycles. The lowest BCUT2D eigenvalue weighted by atomic mass is 9.99. The highest BCUT2D eigenvalue weighted by Gasteiger charge is 2.31. The number of pyridine rings is 1. The van der Waals surface area contributed by atoms with Crippen molar-refractivity contribution in [1.82, 2.24) is 20.9 Å². The zero-order valence-electron chi connectivity index (χ0n) is 22.0. The van der Waals surface area contributed by atoms with Gasteiger partial charge in [-0.2, -0.15) is 0 Å². The molecule has 3 aromatic rings. The standard InChI is InChI=1S/C29H33N5O6/c1-19(32-29(39)40-18-22-10-6-3-7-11-22)27(37)34-24(17-21-12-14-31-15-13-21)28(38)33-23(25(35)26(30)36)16-20-8-4-2-5-9-20/h2-15,19,23-25,35H,16-18H2,1H3,(H2,30,36)(H,32,39)(H,33,38)(H,34,37)/t19-,23?,24-,25-/m0/s1. The first-order chi connectivity index (χ1) is 19.2. The van der Waals surface area contributed by atoms with Crippen LogP contribution >= 0.6 is 0 Å². The smallest absolute Gasteiger partial charge is 0.408 e. The summed E-state index contributed by atoms with van der Waals surface area (Å²) >= 11 is 0. The molecule has 1 aromatic heterocycles. The third-order valence-corrected chi connectivity index (χ3v) is 6.06. The topological polar surface area (TPSA) is 173 Å². The van der Waals surface area contributed by atoms with Crippen LogP contribution in [0.15, 0.2) is 85.2 Å². The molecule has 0 bridgehead atoms. The fourth-order valence-corrected chi connectivity index (χ4v) is 3.86. The van der Waals surface area contributed by atoms with Crippen LogP contribution in [0.4, 0.5) is 4.79 Å². The van der Waals surface area contributed by atoms with E-state index in [1.807, 2.05) is 24.3 Å². The fraction of sp³-hybridized carbons (Fsp3) is 0.276. The molecule has 40 heavy (non-hydrogen) atoms. The van der Waals surface area contributed by atoms with Crippen LogP contribution < -0.4 is 21.7 Å². The number of aliphatic hydroxyl groups is 1. The van der Waals surface area contributed by atoms with Gasteiger partial charge in [0.25, 0.3) is 0 Å². The molecule has 6 N–H and O–H groups in total. The van der Waals surface area contributed by atoms with Crippen LogP contribution in [0.5, 0.6) is 0 Å². The minimum atomic E-state index is -1.67. The van der Waals surface area contributed by atoms with Gasteiger partial charge in [-0.15, -0.1) is 0 Å². The Kier molecular flexibility index (Phi) is 11.2. The van der Waals surface area contributed by atoms with Gasteiger partial charge < -0.3 is 31.5 Å². The first-order valence-corrected chi connectivity index (χ1v) is 12.7. The molecule has 210 valence electrons. The lowest BCUT2D eigenvalue weighted by Gasteiger charge is -2.26. The number of carbonyl (C=O) groups excluding carboxylic acids is 4. The van der Waals surface area contributed by atoms with Gasteiger partial charge in [-0.1, -0.05) is 60.7 Å². The molecule has 1 unspecified atom stereocenters. The number of primary amides is 1. The van der Waals surface area contributed by atoms with E-state index in [9.17, 15) is 24.3 Å². The zero-order valence-corrected chi connectivity index (χ0v) is 22.0. The molecule has 0 aliphatic carbocycles. The van der Waals surface area contributed by atoms with Gasteiger partial charge in [-0.3, -0.25) is 19.4 Å². The Bertz CT molecular complexity index is 1260. The molecule has 0 saturated heterocycles. The molecular weight excluding hydrogens is 514 g/mol. The summed E-state index contributed by atoms with van der Waals surface area (Å²) in [7, 11) is 0. The molecule has 1 heterocycles. The highest BCUT2D eigenvalue weighted by molar-refractivity contribution is 5.91. The number of amides is 4. The summed E-state index contributed by atoms with van der Waals surface area (Å²) in [5.41, 5.74) is 7.57. The molecule has 11 heteroatoms. The third kappa shape index (κ3) is 9.52. The van der Waals surface area contributed by atoms with E-state index in [0.717, 1.165) is 11.1 Å². The number of nitrogens with zero attached hydrogens (tertiary/aromatic N) is 1. The highest BCUT2D eigenvalue weighted by atomic mass is 16.5. The minimum absolute atomic E-state index is 0.0269. The van der Waals surface area contributed by atoms with E-state index >= 15 is 0 Å². The Morgan fingerprint density at radius 2 is 1.38 bits per heavy atom. The quantitative estimate of drug-likeness (QED) is 0.212. The number of hydrogen-bond donors (Lipinski definition) is 5. The van der Waals surface area contributed by atoms with Crippen molar-refractivity contribution in [2.24, 2.45) is 5.73 Å². The van der Waals surface area contributed by atoms with Crippen molar-refractivity contribution in [3.8, 4) is 0 Å². The second-order valence-corrected chi connectivity index (χ2v) is 9.20. The predicted molar refractivity (Wildman–Crippen MR) is 146 cm³/mol. The molecular formula is C29H33N5O6. The summed E-state index contributed by atoms with van der Waals surface area (Å²) in [6, 6.07) is 18.2. The maximum absolute atomic E-state index is 13.4. The normalized spacial score (nSPS) is 13.7. The lowest BCUT2D eigenvalue weighted by molar-refractivity contribution is -0.132. The van der Waals surface area contributed by atoms with Crippen molar-refractivity contribution < 1.29 is 29.0 Å². The number of hydrogen-bond acceptors (Lipinski definition) is 7. The Morgan fingerprint density at radius 3 is 1.98 bits per heavy atom. The first kappa shape index (κ1) is 29.8. The number of nitrogens with two attached hydrogens (primary N) is 1. The number of benzene rings is 2. The van der Waals surface area contributed by atoms with Gasteiger partial charge in [-0.05, 0) is 42.2 Å². The molecule has 0 fully saturated rings. The Hall–Kier alpha value is -4.77. The molecule has 0 saturated carbocycles. The predicted octanol–water partition coefficient (Wildman–Crippen LogP) is 0.998.